The Kier molecular flexibility index (Phi) is 3.61. The molecule has 0 spiro atoms. The molecule has 3 N–H and O–H groups in total. The van der Waals surface area contributed by atoms with Crippen molar-refractivity contribution >= 4 is 23.2 Å². The van der Waals surface area contributed by atoms with Crippen LogP contribution in [0.3, 0.4) is 0 Å². The summed E-state index contributed by atoms with van der Waals surface area (Å²) in [6, 6.07) is 7.56. The number of rotatable bonds is 3. The van der Waals surface area contributed by atoms with E-state index in [9.17, 15) is 4.79 Å². The maximum absolute atomic E-state index is 10.9. The number of aromatic carboxylic acids is 1. The highest BCUT2D eigenvalue weighted by atomic mass is 16.4. The van der Waals surface area contributed by atoms with Crippen molar-refractivity contribution < 1.29 is 9.90 Å². The molecule has 0 radical (unpaired) electrons. The number of carboxylic acid groups (broad SMARTS) is 1. The van der Waals surface area contributed by atoms with Gasteiger partial charge in [0.25, 0.3) is 0 Å². The number of carboxylic acids is 1. The van der Waals surface area contributed by atoms with E-state index in [1.165, 1.54) is 12.3 Å². The van der Waals surface area contributed by atoms with Crippen LogP contribution < -0.4 is 10.6 Å². The molecule has 0 fully saturated rings. The second kappa shape index (κ2) is 5.21. The second-order valence-electron chi connectivity index (χ2n) is 4.85. The number of nitrogens with two attached hydrogens (primary N) is 1. The Bertz CT molecular complexity index is 648. The summed E-state index contributed by atoms with van der Waals surface area (Å²) in [5.74, 6) is -0.496. The summed E-state index contributed by atoms with van der Waals surface area (Å²) in [6.07, 6.45) is 1.31. The molecule has 0 aliphatic heterocycles. The number of carbonyl (C=O) groups is 1. The minimum absolute atomic E-state index is 0.0834. The number of nitrogen functional groups attached to an aromatic ring is 1. The van der Waals surface area contributed by atoms with Crippen molar-refractivity contribution in [2.75, 3.05) is 17.7 Å². The van der Waals surface area contributed by atoms with Gasteiger partial charge in [0.1, 0.15) is 0 Å². The highest BCUT2D eigenvalue weighted by Gasteiger charge is 2.13. The van der Waals surface area contributed by atoms with Gasteiger partial charge < -0.3 is 15.7 Å². The Morgan fingerprint density at radius 1 is 1.20 bits per heavy atom. The van der Waals surface area contributed by atoms with Crippen LogP contribution in [0.15, 0.2) is 30.5 Å². The van der Waals surface area contributed by atoms with E-state index in [0.29, 0.717) is 11.5 Å². The molecule has 0 atom stereocenters. The first-order chi connectivity index (χ1) is 9.38. The predicted molar refractivity (Wildman–Crippen MR) is 79.6 cm³/mol. The molecule has 0 aliphatic carbocycles. The lowest BCUT2D eigenvalue weighted by Crippen LogP contribution is -2.14. The Hall–Kier alpha value is -2.56. The average Bonchev–Trinajstić information content (AvgIpc) is 2.36. The van der Waals surface area contributed by atoms with Gasteiger partial charge in [0.2, 0.25) is 0 Å². The maximum Gasteiger partial charge on any atom is 0.337 e. The van der Waals surface area contributed by atoms with Crippen molar-refractivity contribution in [3.8, 4) is 0 Å². The molecule has 0 bridgehead atoms. The lowest BCUT2D eigenvalue weighted by atomic mass is 10.1. The highest BCUT2D eigenvalue weighted by Crippen LogP contribution is 2.28. The summed E-state index contributed by atoms with van der Waals surface area (Å²) < 4.78 is 0. The normalized spacial score (nSPS) is 10.3. The zero-order valence-corrected chi connectivity index (χ0v) is 11.7. The van der Waals surface area contributed by atoms with Crippen LogP contribution >= 0.6 is 0 Å². The number of aryl methyl sites for hydroxylation is 2. The fraction of sp³-hybridized carbons (Fsp3) is 0.200. The van der Waals surface area contributed by atoms with Crippen LogP contribution in [-0.4, -0.2) is 23.1 Å². The van der Waals surface area contributed by atoms with Crippen molar-refractivity contribution in [3.63, 3.8) is 0 Å². The van der Waals surface area contributed by atoms with E-state index in [4.69, 9.17) is 10.8 Å². The van der Waals surface area contributed by atoms with Gasteiger partial charge >= 0.3 is 5.97 Å². The van der Waals surface area contributed by atoms with Gasteiger partial charge in [-0.1, -0.05) is 6.07 Å². The maximum atomic E-state index is 10.9. The molecule has 5 nitrogen and oxygen atoms in total. The average molecular weight is 271 g/mol. The first kappa shape index (κ1) is 13.9. The topological polar surface area (TPSA) is 79.5 Å². The highest BCUT2D eigenvalue weighted by molar-refractivity contribution is 5.89. The molecule has 0 saturated carbocycles. The van der Waals surface area contributed by atoms with Crippen molar-refractivity contribution in [2.45, 2.75) is 13.8 Å². The molecule has 0 saturated heterocycles. The molecule has 1 aromatic heterocycles. The lowest BCUT2D eigenvalue weighted by Gasteiger charge is -2.21. The van der Waals surface area contributed by atoms with Gasteiger partial charge in [-0.15, -0.1) is 0 Å². The van der Waals surface area contributed by atoms with E-state index in [1.807, 2.05) is 37.9 Å². The third kappa shape index (κ3) is 2.71. The zero-order valence-electron chi connectivity index (χ0n) is 11.7. The summed E-state index contributed by atoms with van der Waals surface area (Å²) in [5.41, 5.74) is 9.58. The van der Waals surface area contributed by atoms with E-state index >= 15 is 0 Å². The summed E-state index contributed by atoms with van der Waals surface area (Å²) in [6.45, 7) is 4.04. The van der Waals surface area contributed by atoms with Gasteiger partial charge in [-0.2, -0.15) is 0 Å². The summed E-state index contributed by atoms with van der Waals surface area (Å²) >= 11 is 0. The predicted octanol–water partition coefficient (Wildman–Crippen LogP) is 2.75. The molecule has 5 heteroatoms. The molecule has 104 valence electrons. The standard InChI is InChI=1S/C15H17N3O2/c1-9-4-10(2)6-12(5-9)18(3)14-13(16)7-11(8-17-14)15(19)20/h4-8H,16H2,1-3H3,(H,19,20). The number of hydrogen-bond acceptors (Lipinski definition) is 4. The molecule has 20 heavy (non-hydrogen) atoms. The first-order valence-corrected chi connectivity index (χ1v) is 6.19. The molecule has 2 rings (SSSR count). The summed E-state index contributed by atoms with van der Waals surface area (Å²) in [5, 5.41) is 8.92. The number of pyridine rings is 1. The third-order valence-corrected chi connectivity index (χ3v) is 3.05. The van der Waals surface area contributed by atoms with Crippen LogP contribution in [0.5, 0.6) is 0 Å². The molecule has 1 heterocycles. The van der Waals surface area contributed by atoms with Crippen LogP contribution in [0.2, 0.25) is 0 Å². The number of aromatic nitrogens is 1. The molecular weight excluding hydrogens is 254 g/mol. The Morgan fingerprint density at radius 2 is 1.80 bits per heavy atom. The van der Waals surface area contributed by atoms with Gasteiger partial charge in [-0.3, -0.25) is 0 Å². The molecule has 0 unspecified atom stereocenters. The molecule has 0 amide bonds. The van der Waals surface area contributed by atoms with Gasteiger partial charge in [-0.25, -0.2) is 9.78 Å². The smallest absolute Gasteiger partial charge is 0.337 e. The number of hydrogen-bond donors (Lipinski definition) is 2. The first-order valence-electron chi connectivity index (χ1n) is 6.19. The third-order valence-electron chi connectivity index (χ3n) is 3.05. The SMILES string of the molecule is Cc1cc(C)cc(N(C)c2ncc(C(=O)O)cc2N)c1. The Balaban J connectivity index is 2.42. The van der Waals surface area contributed by atoms with Crippen LogP contribution in [0.4, 0.5) is 17.2 Å². The summed E-state index contributed by atoms with van der Waals surface area (Å²) in [7, 11) is 1.85. The van der Waals surface area contributed by atoms with Crippen molar-refractivity contribution in [3.05, 3.63) is 47.2 Å². The van der Waals surface area contributed by atoms with E-state index < -0.39 is 5.97 Å². The van der Waals surface area contributed by atoms with Gasteiger partial charge in [0.15, 0.2) is 5.82 Å². The van der Waals surface area contributed by atoms with E-state index in [-0.39, 0.29) is 5.56 Å². The monoisotopic (exact) mass is 271 g/mol. The lowest BCUT2D eigenvalue weighted by molar-refractivity contribution is 0.0696. The fourth-order valence-electron chi connectivity index (χ4n) is 2.14. The van der Waals surface area contributed by atoms with Crippen LogP contribution in [0.1, 0.15) is 21.5 Å². The van der Waals surface area contributed by atoms with Crippen molar-refractivity contribution in [1.82, 2.24) is 4.98 Å². The van der Waals surface area contributed by atoms with Crippen LogP contribution in [0, 0.1) is 13.8 Å². The number of anilines is 3. The molecule has 0 aliphatic rings. The van der Waals surface area contributed by atoms with Crippen LogP contribution in [0.25, 0.3) is 0 Å². The quantitative estimate of drug-likeness (QED) is 0.897. The van der Waals surface area contributed by atoms with Crippen LogP contribution in [-0.2, 0) is 0 Å². The van der Waals surface area contributed by atoms with E-state index in [1.54, 1.807) is 0 Å². The van der Waals surface area contributed by atoms with Gasteiger partial charge in [0.05, 0.1) is 11.3 Å². The van der Waals surface area contributed by atoms with Crippen molar-refractivity contribution in [1.29, 1.82) is 0 Å². The molecule has 2 aromatic rings. The summed E-state index contributed by atoms with van der Waals surface area (Å²) in [4.78, 5) is 16.9. The van der Waals surface area contributed by atoms with E-state index in [2.05, 4.69) is 11.1 Å². The van der Waals surface area contributed by atoms with Gasteiger partial charge in [0, 0.05) is 18.9 Å². The number of benzene rings is 1. The molecular formula is C15H17N3O2. The molecule has 1 aromatic carbocycles. The minimum Gasteiger partial charge on any atom is -0.478 e. The fourth-order valence-corrected chi connectivity index (χ4v) is 2.14. The minimum atomic E-state index is -1.04. The largest absolute Gasteiger partial charge is 0.478 e. The van der Waals surface area contributed by atoms with Crippen molar-refractivity contribution in [2.24, 2.45) is 0 Å². The number of nitrogens with zero attached hydrogens (tertiary/aromatic N) is 2. The second-order valence-corrected chi connectivity index (χ2v) is 4.85. The van der Waals surface area contributed by atoms with E-state index in [0.717, 1.165) is 16.8 Å². The Labute approximate surface area is 117 Å². The Morgan fingerprint density at radius 3 is 2.30 bits per heavy atom. The van der Waals surface area contributed by atoms with Gasteiger partial charge in [-0.05, 0) is 43.2 Å². The zero-order chi connectivity index (χ0) is 14.9.